The first-order valence-electron chi connectivity index (χ1n) is 6.36. The number of aromatic nitrogens is 2. The molecule has 7 heteroatoms. The maximum Gasteiger partial charge on any atom is 0.261 e. The van der Waals surface area contributed by atoms with Crippen LogP contribution in [0.3, 0.4) is 0 Å². The van der Waals surface area contributed by atoms with Crippen molar-refractivity contribution in [2.24, 2.45) is 7.05 Å². The van der Waals surface area contributed by atoms with Crippen molar-refractivity contribution in [3.8, 4) is 5.75 Å². The Morgan fingerprint density at radius 1 is 1.19 bits per heavy atom. The van der Waals surface area contributed by atoms with Gasteiger partial charge < -0.3 is 4.74 Å². The molecule has 0 saturated carbocycles. The van der Waals surface area contributed by atoms with E-state index in [0.29, 0.717) is 17.9 Å². The van der Waals surface area contributed by atoms with Crippen LogP contribution in [0.5, 0.6) is 5.75 Å². The van der Waals surface area contributed by atoms with Gasteiger partial charge in [0.25, 0.3) is 9.05 Å². The standard InChI is InChI=1S/C14H17ClN2O3S/c1-9-6-14(21(15,18)19)10(2)5-13(9)20-8-12-7-11(3)16-17(12)4/h5-7H,8H2,1-4H3. The van der Waals surface area contributed by atoms with Crippen molar-refractivity contribution in [2.45, 2.75) is 32.3 Å². The zero-order valence-corrected chi connectivity index (χ0v) is 13.9. The van der Waals surface area contributed by atoms with E-state index in [1.165, 1.54) is 6.07 Å². The van der Waals surface area contributed by atoms with Crippen molar-refractivity contribution in [2.75, 3.05) is 0 Å². The van der Waals surface area contributed by atoms with Crippen molar-refractivity contribution < 1.29 is 13.2 Å². The Morgan fingerprint density at radius 2 is 1.86 bits per heavy atom. The first kappa shape index (κ1) is 15.9. The third kappa shape index (κ3) is 3.57. The van der Waals surface area contributed by atoms with Crippen LogP contribution in [0, 0.1) is 20.8 Å². The Labute approximate surface area is 128 Å². The fraction of sp³-hybridized carbons (Fsp3) is 0.357. The van der Waals surface area contributed by atoms with E-state index in [1.807, 2.05) is 20.0 Å². The quantitative estimate of drug-likeness (QED) is 0.810. The molecule has 0 amide bonds. The Hall–Kier alpha value is -1.53. The van der Waals surface area contributed by atoms with Crippen molar-refractivity contribution >= 4 is 19.7 Å². The summed E-state index contributed by atoms with van der Waals surface area (Å²) in [7, 11) is 3.52. The summed E-state index contributed by atoms with van der Waals surface area (Å²) in [6.07, 6.45) is 0. The number of halogens is 1. The van der Waals surface area contributed by atoms with Gasteiger partial charge in [-0.3, -0.25) is 4.68 Å². The highest BCUT2D eigenvalue weighted by Crippen LogP contribution is 2.28. The highest BCUT2D eigenvalue weighted by atomic mass is 35.7. The Balaban J connectivity index is 2.26. The van der Waals surface area contributed by atoms with Gasteiger partial charge in [-0.1, -0.05) is 0 Å². The van der Waals surface area contributed by atoms with Gasteiger partial charge >= 0.3 is 0 Å². The summed E-state index contributed by atoms with van der Waals surface area (Å²) in [6.45, 7) is 5.76. The lowest BCUT2D eigenvalue weighted by atomic mass is 10.1. The van der Waals surface area contributed by atoms with Crippen LogP contribution in [0.4, 0.5) is 0 Å². The van der Waals surface area contributed by atoms with E-state index >= 15 is 0 Å². The molecule has 0 N–H and O–H groups in total. The normalized spacial score (nSPS) is 11.7. The van der Waals surface area contributed by atoms with E-state index in [-0.39, 0.29) is 4.90 Å². The molecule has 2 rings (SSSR count). The molecule has 0 unspecified atom stereocenters. The van der Waals surface area contributed by atoms with E-state index in [9.17, 15) is 8.42 Å². The van der Waals surface area contributed by atoms with Crippen LogP contribution in [0.25, 0.3) is 0 Å². The summed E-state index contributed by atoms with van der Waals surface area (Å²) in [5.41, 5.74) is 3.15. The number of nitrogens with zero attached hydrogens (tertiary/aromatic N) is 2. The van der Waals surface area contributed by atoms with Crippen LogP contribution in [0.15, 0.2) is 23.1 Å². The first-order valence-corrected chi connectivity index (χ1v) is 8.67. The molecule has 2 aromatic rings. The fourth-order valence-corrected chi connectivity index (χ4v) is 3.39. The molecule has 114 valence electrons. The molecule has 1 heterocycles. The summed E-state index contributed by atoms with van der Waals surface area (Å²) in [4.78, 5) is 0.116. The zero-order chi connectivity index (χ0) is 15.8. The molecule has 0 aliphatic carbocycles. The number of hydrogen-bond acceptors (Lipinski definition) is 4. The minimum atomic E-state index is -3.74. The molecule has 0 radical (unpaired) electrons. The number of hydrogen-bond donors (Lipinski definition) is 0. The summed E-state index contributed by atoms with van der Waals surface area (Å²) in [5, 5.41) is 4.25. The molecule has 1 aromatic heterocycles. The third-order valence-corrected chi connectivity index (χ3v) is 4.67. The zero-order valence-electron chi connectivity index (χ0n) is 12.3. The van der Waals surface area contributed by atoms with Crippen LogP contribution < -0.4 is 4.74 Å². The van der Waals surface area contributed by atoms with Crippen LogP contribution in [-0.4, -0.2) is 18.2 Å². The second-order valence-corrected chi connectivity index (χ2v) is 7.54. The maximum atomic E-state index is 11.5. The van der Waals surface area contributed by atoms with Crippen molar-refractivity contribution in [3.63, 3.8) is 0 Å². The topological polar surface area (TPSA) is 61.2 Å². The van der Waals surface area contributed by atoms with Gasteiger partial charge in [0.05, 0.1) is 16.3 Å². The van der Waals surface area contributed by atoms with Gasteiger partial charge in [-0.05, 0) is 50.1 Å². The Kier molecular flexibility index (Phi) is 4.30. The Morgan fingerprint density at radius 3 is 2.38 bits per heavy atom. The number of benzene rings is 1. The molecule has 5 nitrogen and oxygen atoms in total. The van der Waals surface area contributed by atoms with Gasteiger partial charge in [-0.25, -0.2) is 8.42 Å². The lowest BCUT2D eigenvalue weighted by molar-refractivity contribution is 0.292. The number of rotatable bonds is 4. The van der Waals surface area contributed by atoms with Gasteiger partial charge in [-0.2, -0.15) is 5.10 Å². The van der Waals surface area contributed by atoms with Crippen LogP contribution in [0.2, 0.25) is 0 Å². The predicted molar refractivity (Wildman–Crippen MR) is 81.2 cm³/mol. The van der Waals surface area contributed by atoms with Crippen molar-refractivity contribution in [1.82, 2.24) is 9.78 Å². The van der Waals surface area contributed by atoms with E-state index < -0.39 is 9.05 Å². The van der Waals surface area contributed by atoms with Crippen LogP contribution in [-0.2, 0) is 22.7 Å². The molecular weight excluding hydrogens is 312 g/mol. The molecule has 0 aliphatic heterocycles. The fourth-order valence-electron chi connectivity index (χ4n) is 2.13. The van der Waals surface area contributed by atoms with Crippen molar-refractivity contribution in [1.29, 1.82) is 0 Å². The molecule has 0 fully saturated rings. The molecule has 0 saturated heterocycles. The van der Waals surface area contributed by atoms with Gasteiger partial charge in [0.1, 0.15) is 12.4 Å². The second-order valence-electron chi connectivity index (χ2n) is 5.01. The SMILES string of the molecule is Cc1cc(COc2cc(C)c(S(=O)(=O)Cl)cc2C)n(C)n1. The molecule has 0 spiro atoms. The monoisotopic (exact) mass is 328 g/mol. The van der Waals surface area contributed by atoms with E-state index in [0.717, 1.165) is 17.0 Å². The van der Waals surface area contributed by atoms with E-state index in [4.69, 9.17) is 15.4 Å². The second kappa shape index (κ2) is 5.69. The predicted octanol–water partition coefficient (Wildman–Crippen LogP) is 2.85. The highest BCUT2D eigenvalue weighted by Gasteiger charge is 2.16. The van der Waals surface area contributed by atoms with Crippen molar-refractivity contribution in [3.05, 3.63) is 40.7 Å². The van der Waals surface area contributed by atoms with Gasteiger partial charge in [0.15, 0.2) is 0 Å². The first-order chi connectivity index (χ1) is 9.68. The molecule has 0 bridgehead atoms. The lowest BCUT2D eigenvalue weighted by Crippen LogP contribution is -2.05. The number of ether oxygens (including phenoxy) is 1. The van der Waals surface area contributed by atoms with Gasteiger partial charge in [0, 0.05) is 17.7 Å². The molecule has 0 aliphatic rings. The minimum absolute atomic E-state index is 0.116. The van der Waals surface area contributed by atoms with Gasteiger partial charge in [0.2, 0.25) is 0 Å². The van der Waals surface area contributed by atoms with Crippen LogP contribution >= 0.6 is 10.7 Å². The summed E-state index contributed by atoms with van der Waals surface area (Å²) in [6, 6.07) is 5.16. The average molecular weight is 329 g/mol. The Bertz CT molecular complexity index is 782. The lowest BCUT2D eigenvalue weighted by Gasteiger charge is -2.12. The summed E-state index contributed by atoms with van der Waals surface area (Å²) in [5.74, 6) is 0.635. The van der Waals surface area contributed by atoms with E-state index in [1.54, 1.807) is 24.6 Å². The molecule has 1 aromatic carbocycles. The van der Waals surface area contributed by atoms with Gasteiger partial charge in [-0.15, -0.1) is 0 Å². The average Bonchev–Trinajstić information content (AvgIpc) is 2.67. The minimum Gasteiger partial charge on any atom is -0.487 e. The summed E-state index contributed by atoms with van der Waals surface area (Å²) < 4.78 is 30.4. The smallest absolute Gasteiger partial charge is 0.261 e. The number of aryl methyl sites for hydroxylation is 4. The molecule has 21 heavy (non-hydrogen) atoms. The molecular formula is C14H17ClN2O3S. The third-order valence-electron chi connectivity index (χ3n) is 3.21. The van der Waals surface area contributed by atoms with E-state index in [2.05, 4.69) is 5.10 Å². The van der Waals surface area contributed by atoms with Crippen LogP contribution in [0.1, 0.15) is 22.5 Å². The largest absolute Gasteiger partial charge is 0.487 e. The molecule has 0 atom stereocenters. The summed E-state index contributed by atoms with van der Waals surface area (Å²) >= 11 is 0. The highest BCUT2D eigenvalue weighted by molar-refractivity contribution is 8.13. The maximum absolute atomic E-state index is 11.5.